The Hall–Kier alpha value is -2.00. The Bertz CT molecular complexity index is 697. The molecule has 4 heteroatoms. The van der Waals surface area contributed by atoms with Crippen LogP contribution in [0.3, 0.4) is 0 Å². The van der Waals surface area contributed by atoms with Crippen molar-refractivity contribution in [3.8, 4) is 5.75 Å². The molecular weight excluding hydrogens is 298 g/mol. The highest BCUT2D eigenvalue weighted by atomic mass is 35.5. The minimum Gasteiger partial charge on any atom is -0.481 e. The fourth-order valence-corrected chi connectivity index (χ4v) is 2.27. The van der Waals surface area contributed by atoms with Crippen LogP contribution in [0.1, 0.15) is 23.6 Å². The third kappa shape index (κ3) is 4.01. The lowest BCUT2D eigenvalue weighted by atomic mass is 10.1. The minimum absolute atomic E-state index is 0.208. The molecule has 0 aliphatic heterocycles. The van der Waals surface area contributed by atoms with Gasteiger partial charge in [0.05, 0.1) is 0 Å². The first kappa shape index (κ1) is 16.4. The molecule has 0 heterocycles. The van der Waals surface area contributed by atoms with Crippen molar-refractivity contribution in [2.45, 2.75) is 33.8 Å². The number of rotatable bonds is 4. The quantitative estimate of drug-likeness (QED) is 0.889. The number of hydrogen-bond acceptors (Lipinski definition) is 2. The number of anilines is 1. The minimum atomic E-state index is -0.596. The average Bonchev–Trinajstić information content (AvgIpc) is 2.45. The molecule has 0 unspecified atom stereocenters. The van der Waals surface area contributed by atoms with Gasteiger partial charge in [0.15, 0.2) is 6.10 Å². The Morgan fingerprint density at radius 1 is 1.09 bits per heavy atom. The van der Waals surface area contributed by atoms with Crippen LogP contribution in [0.4, 0.5) is 5.69 Å². The predicted molar refractivity (Wildman–Crippen MR) is 90.8 cm³/mol. The van der Waals surface area contributed by atoms with Crippen molar-refractivity contribution in [3.05, 3.63) is 58.1 Å². The number of carbonyl (C=O) groups excluding carboxylic acids is 1. The summed E-state index contributed by atoms with van der Waals surface area (Å²) in [5.41, 5.74) is 3.81. The number of ether oxygens (including phenoxy) is 1. The molecule has 1 N–H and O–H groups in total. The van der Waals surface area contributed by atoms with Crippen LogP contribution < -0.4 is 10.1 Å². The van der Waals surface area contributed by atoms with Crippen LogP contribution in [0.15, 0.2) is 36.4 Å². The van der Waals surface area contributed by atoms with Crippen molar-refractivity contribution in [2.75, 3.05) is 5.32 Å². The first-order valence-electron chi connectivity index (χ1n) is 7.18. The molecule has 3 nitrogen and oxygen atoms in total. The van der Waals surface area contributed by atoms with Crippen LogP contribution in [0.2, 0.25) is 5.02 Å². The van der Waals surface area contributed by atoms with Gasteiger partial charge < -0.3 is 10.1 Å². The molecule has 0 fully saturated rings. The molecule has 116 valence electrons. The zero-order valence-electron chi connectivity index (χ0n) is 13.2. The molecule has 0 spiro atoms. The maximum Gasteiger partial charge on any atom is 0.265 e. The summed E-state index contributed by atoms with van der Waals surface area (Å²) in [6.07, 6.45) is -0.596. The molecule has 0 radical (unpaired) electrons. The molecule has 1 atom stereocenters. The standard InChI is InChI=1S/C18H20ClNO2/c1-11-5-8-17(13(3)9-11)22-14(4)18(21)20-15-7-6-12(2)16(19)10-15/h5-10,14H,1-4H3,(H,20,21)/t14-/m0/s1. The van der Waals surface area contributed by atoms with Gasteiger partial charge in [-0.25, -0.2) is 0 Å². The van der Waals surface area contributed by atoms with Crippen LogP contribution in [0, 0.1) is 20.8 Å². The SMILES string of the molecule is Cc1ccc(O[C@@H](C)C(=O)Nc2ccc(C)c(Cl)c2)c(C)c1. The molecule has 2 aromatic rings. The van der Waals surface area contributed by atoms with E-state index >= 15 is 0 Å². The Labute approximate surface area is 136 Å². The van der Waals surface area contributed by atoms with E-state index in [9.17, 15) is 4.79 Å². The smallest absolute Gasteiger partial charge is 0.265 e. The van der Waals surface area contributed by atoms with Crippen LogP contribution >= 0.6 is 11.6 Å². The highest BCUT2D eigenvalue weighted by Gasteiger charge is 2.16. The normalized spacial score (nSPS) is 11.9. The summed E-state index contributed by atoms with van der Waals surface area (Å²) in [6, 6.07) is 11.3. The van der Waals surface area contributed by atoms with Crippen molar-refractivity contribution in [3.63, 3.8) is 0 Å². The van der Waals surface area contributed by atoms with Crippen LogP contribution in [-0.2, 0) is 4.79 Å². The van der Waals surface area contributed by atoms with Gasteiger partial charge in [-0.15, -0.1) is 0 Å². The van der Waals surface area contributed by atoms with Gasteiger partial charge in [0.25, 0.3) is 5.91 Å². The Morgan fingerprint density at radius 3 is 2.45 bits per heavy atom. The maximum atomic E-state index is 12.2. The molecule has 0 saturated carbocycles. The third-order valence-corrected chi connectivity index (χ3v) is 3.85. The van der Waals surface area contributed by atoms with Gasteiger partial charge in [-0.05, 0) is 57.0 Å². The average molecular weight is 318 g/mol. The Balaban J connectivity index is 2.04. The van der Waals surface area contributed by atoms with E-state index in [2.05, 4.69) is 5.32 Å². The first-order chi connectivity index (χ1) is 10.4. The van der Waals surface area contributed by atoms with Crippen molar-refractivity contribution in [2.24, 2.45) is 0 Å². The second-order valence-corrected chi connectivity index (χ2v) is 5.89. The summed E-state index contributed by atoms with van der Waals surface area (Å²) in [4.78, 5) is 12.2. The molecule has 2 aromatic carbocycles. The van der Waals surface area contributed by atoms with E-state index in [1.807, 2.05) is 51.1 Å². The van der Waals surface area contributed by atoms with Gasteiger partial charge in [-0.3, -0.25) is 4.79 Å². The number of nitrogens with one attached hydrogen (secondary N) is 1. The molecule has 0 aliphatic rings. The van der Waals surface area contributed by atoms with E-state index in [4.69, 9.17) is 16.3 Å². The number of hydrogen-bond donors (Lipinski definition) is 1. The summed E-state index contributed by atoms with van der Waals surface area (Å²) < 4.78 is 5.74. The van der Waals surface area contributed by atoms with Gasteiger partial charge in [0.2, 0.25) is 0 Å². The van der Waals surface area contributed by atoms with Crippen LogP contribution in [0.5, 0.6) is 5.75 Å². The molecular formula is C18H20ClNO2. The first-order valence-corrected chi connectivity index (χ1v) is 7.55. The number of halogens is 1. The summed E-state index contributed by atoms with van der Waals surface area (Å²) in [7, 11) is 0. The van der Waals surface area contributed by atoms with E-state index in [-0.39, 0.29) is 5.91 Å². The molecule has 0 aliphatic carbocycles. The summed E-state index contributed by atoms with van der Waals surface area (Å²) in [5, 5.41) is 3.44. The zero-order chi connectivity index (χ0) is 16.3. The third-order valence-electron chi connectivity index (χ3n) is 3.44. The van der Waals surface area contributed by atoms with Crippen molar-refractivity contribution in [1.82, 2.24) is 0 Å². The molecule has 0 bridgehead atoms. The molecule has 0 saturated heterocycles. The summed E-state index contributed by atoms with van der Waals surface area (Å²) in [5.74, 6) is 0.509. The van der Waals surface area contributed by atoms with Gasteiger partial charge in [-0.2, -0.15) is 0 Å². The monoisotopic (exact) mass is 317 g/mol. The number of aryl methyl sites for hydroxylation is 3. The second kappa shape index (κ2) is 6.84. The lowest BCUT2D eigenvalue weighted by Gasteiger charge is -2.17. The highest BCUT2D eigenvalue weighted by Crippen LogP contribution is 2.22. The highest BCUT2D eigenvalue weighted by molar-refractivity contribution is 6.31. The maximum absolute atomic E-state index is 12.2. The van der Waals surface area contributed by atoms with E-state index in [0.717, 1.165) is 22.4 Å². The van der Waals surface area contributed by atoms with E-state index in [0.29, 0.717) is 10.7 Å². The predicted octanol–water partition coefficient (Wildman–Crippen LogP) is 4.67. The lowest BCUT2D eigenvalue weighted by Crippen LogP contribution is -2.30. The van der Waals surface area contributed by atoms with Crippen molar-refractivity contribution < 1.29 is 9.53 Å². The van der Waals surface area contributed by atoms with Gasteiger partial charge >= 0.3 is 0 Å². The van der Waals surface area contributed by atoms with Crippen LogP contribution in [0.25, 0.3) is 0 Å². The van der Waals surface area contributed by atoms with Gasteiger partial charge in [0.1, 0.15) is 5.75 Å². The van der Waals surface area contributed by atoms with Gasteiger partial charge in [-0.1, -0.05) is 35.4 Å². The van der Waals surface area contributed by atoms with Gasteiger partial charge in [0, 0.05) is 10.7 Å². The fourth-order valence-electron chi connectivity index (χ4n) is 2.09. The van der Waals surface area contributed by atoms with E-state index in [1.165, 1.54) is 0 Å². The van der Waals surface area contributed by atoms with E-state index < -0.39 is 6.10 Å². The molecule has 2 rings (SSSR count). The lowest BCUT2D eigenvalue weighted by molar-refractivity contribution is -0.122. The Morgan fingerprint density at radius 2 is 1.82 bits per heavy atom. The number of benzene rings is 2. The topological polar surface area (TPSA) is 38.3 Å². The second-order valence-electron chi connectivity index (χ2n) is 5.48. The van der Waals surface area contributed by atoms with E-state index in [1.54, 1.807) is 13.0 Å². The fraction of sp³-hybridized carbons (Fsp3) is 0.278. The molecule has 1 amide bonds. The zero-order valence-corrected chi connectivity index (χ0v) is 14.0. The largest absolute Gasteiger partial charge is 0.481 e. The summed E-state index contributed by atoms with van der Waals surface area (Å²) >= 11 is 6.06. The van der Waals surface area contributed by atoms with Crippen molar-refractivity contribution in [1.29, 1.82) is 0 Å². The Kier molecular flexibility index (Phi) is 5.09. The van der Waals surface area contributed by atoms with Crippen molar-refractivity contribution >= 4 is 23.2 Å². The molecule has 22 heavy (non-hydrogen) atoms. The van der Waals surface area contributed by atoms with Crippen LogP contribution in [-0.4, -0.2) is 12.0 Å². The summed E-state index contributed by atoms with van der Waals surface area (Å²) in [6.45, 7) is 7.63. The molecule has 0 aromatic heterocycles. The number of amides is 1. The number of carbonyl (C=O) groups is 1.